The van der Waals surface area contributed by atoms with E-state index in [0.29, 0.717) is 0 Å². The van der Waals surface area contributed by atoms with Gasteiger partial charge in [0.05, 0.1) is 0 Å². The molecule has 0 aromatic carbocycles. The van der Waals surface area contributed by atoms with Gasteiger partial charge in [0.2, 0.25) is 0 Å². The predicted octanol–water partition coefficient (Wildman–Crippen LogP) is -0.931. The molecule has 0 aliphatic rings. The third kappa shape index (κ3) is 1.83. The Labute approximate surface area is 73.6 Å². The van der Waals surface area contributed by atoms with Crippen LogP contribution in [0.5, 0.6) is 0 Å². The fraction of sp³-hybridized carbons (Fsp3) is 0.333. The first kappa shape index (κ1) is 7.78. The summed E-state index contributed by atoms with van der Waals surface area (Å²) in [5.41, 5.74) is 0. The molecular weight excluding hydrogens is 233 g/mol. The maximum absolute atomic E-state index is 4.17. The number of anilines is 1. The average Bonchev–Trinajstić information content (AvgIpc) is 1.88. The van der Waals surface area contributed by atoms with Gasteiger partial charge in [0.25, 0.3) is 0 Å². The van der Waals surface area contributed by atoms with Crippen LogP contribution in [0.2, 0.25) is 0 Å². The molecule has 4 heteroatoms. The van der Waals surface area contributed by atoms with Gasteiger partial charge in [0.1, 0.15) is 0 Å². The monoisotopic (exact) mass is 243 g/mol. The van der Waals surface area contributed by atoms with Crippen LogP contribution in [0.1, 0.15) is 0 Å². The molecule has 10 heavy (non-hydrogen) atoms. The van der Waals surface area contributed by atoms with Crippen LogP contribution in [-0.4, -0.2) is 46.6 Å². The van der Waals surface area contributed by atoms with Crippen molar-refractivity contribution in [2.45, 2.75) is 0 Å². The van der Waals surface area contributed by atoms with Crippen molar-refractivity contribution in [2.75, 3.05) is 19.0 Å². The second kappa shape index (κ2) is 3.18. The van der Waals surface area contributed by atoms with Crippen molar-refractivity contribution in [1.29, 1.82) is 0 Å². The number of rotatable bonds is 1. The topological polar surface area (TPSA) is 29.0 Å². The average molecular weight is 242 g/mol. The SMILES string of the molecule is CN(C)c1cn[c]([SnH])cn1. The Hall–Kier alpha value is -0.321. The molecule has 1 rings (SSSR count). The van der Waals surface area contributed by atoms with Crippen molar-refractivity contribution in [3.05, 3.63) is 12.4 Å². The van der Waals surface area contributed by atoms with Crippen LogP contribution < -0.4 is 8.61 Å². The van der Waals surface area contributed by atoms with Crippen molar-refractivity contribution >= 4 is 32.1 Å². The minimum absolute atomic E-state index is 0.915. The molecule has 52 valence electrons. The third-order valence-corrected chi connectivity index (χ3v) is 1.97. The molecule has 0 saturated carbocycles. The molecule has 0 spiro atoms. The van der Waals surface area contributed by atoms with Gasteiger partial charge in [0, 0.05) is 0 Å². The Morgan fingerprint density at radius 2 is 2.00 bits per heavy atom. The van der Waals surface area contributed by atoms with E-state index in [9.17, 15) is 0 Å². The van der Waals surface area contributed by atoms with Gasteiger partial charge >= 0.3 is 73.4 Å². The Morgan fingerprint density at radius 1 is 1.30 bits per heavy atom. The Morgan fingerprint density at radius 3 is 2.40 bits per heavy atom. The first-order valence-corrected chi connectivity index (χ1v) is 4.60. The molecular formula is C6H9N3Sn. The molecule has 0 unspecified atom stereocenters. The van der Waals surface area contributed by atoms with Gasteiger partial charge in [-0.3, -0.25) is 0 Å². The molecule has 0 fully saturated rings. The summed E-state index contributed by atoms with van der Waals surface area (Å²) in [5.74, 6) is 0.915. The molecule has 0 saturated heterocycles. The van der Waals surface area contributed by atoms with Crippen LogP contribution in [0.25, 0.3) is 0 Å². The van der Waals surface area contributed by atoms with Gasteiger partial charge in [-0.1, -0.05) is 0 Å². The van der Waals surface area contributed by atoms with Gasteiger partial charge < -0.3 is 0 Å². The van der Waals surface area contributed by atoms with Gasteiger partial charge in [0.15, 0.2) is 0 Å². The zero-order chi connectivity index (χ0) is 7.56. The van der Waals surface area contributed by atoms with E-state index in [1.807, 2.05) is 25.2 Å². The number of hydrogen-bond donors (Lipinski definition) is 0. The van der Waals surface area contributed by atoms with E-state index in [2.05, 4.69) is 9.97 Å². The summed E-state index contributed by atoms with van der Waals surface area (Å²) in [4.78, 5) is 10.3. The van der Waals surface area contributed by atoms with Crippen LogP contribution >= 0.6 is 0 Å². The van der Waals surface area contributed by atoms with Crippen LogP contribution in [0.15, 0.2) is 12.4 Å². The third-order valence-electron chi connectivity index (χ3n) is 1.12. The number of aromatic nitrogens is 2. The van der Waals surface area contributed by atoms with E-state index >= 15 is 0 Å². The fourth-order valence-electron chi connectivity index (χ4n) is 0.562. The molecule has 0 amide bonds. The Bertz CT molecular complexity index is 207. The summed E-state index contributed by atoms with van der Waals surface area (Å²) in [5, 5.41) is 0. The number of hydrogen-bond acceptors (Lipinski definition) is 3. The second-order valence-corrected chi connectivity index (χ2v) is 3.88. The molecule has 1 aromatic heterocycles. The summed E-state index contributed by atoms with van der Waals surface area (Å²) < 4.78 is 1.08. The first-order chi connectivity index (χ1) is 4.70. The second-order valence-electron chi connectivity index (χ2n) is 2.19. The normalized spacial score (nSPS) is 9.50. The van der Waals surface area contributed by atoms with E-state index in [1.165, 1.54) is 0 Å². The van der Waals surface area contributed by atoms with Crippen molar-refractivity contribution in [1.82, 2.24) is 9.97 Å². The molecule has 0 N–H and O–H groups in total. The van der Waals surface area contributed by atoms with E-state index in [-0.39, 0.29) is 0 Å². The summed E-state index contributed by atoms with van der Waals surface area (Å²) in [6, 6.07) is 0. The minimum atomic E-state index is 0.915. The Balaban J connectivity index is 2.89. The van der Waals surface area contributed by atoms with Crippen LogP contribution in [0.3, 0.4) is 0 Å². The van der Waals surface area contributed by atoms with Gasteiger partial charge in [-0.15, -0.1) is 0 Å². The zero-order valence-electron chi connectivity index (χ0n) is 6.07. The van der Waals surface area contributed by atoms with Crippen molar-refractivity contribution in [3.8, 4) is 0 Å². The molecule has 0 atom stereocenters. The summed E-state index contributed by atoms with van der Waals surface area (Å²) >= 11 is 1.04. The van der Waals surface area contributed by atoms with Gasteiger partial charge in [-0.2, -0.15) is 0 Å². The van der Waals surface area contributed by atoms with E-state index in [0.717, 1.165) is 32.1 Å². The molecule has 2 radical (unpaired) electrons. The fourth-order valence-corrected chi connectivity index (χ4v) is 0.988. The van der Waals surface area contributed by atoms with Crippen molar-refractivity contribution in [2.24, 2.45) is 0 Å². The van der Waals surface area contributed by atoms with E-state index in [4.69, 9.17) is 0 Å². The van der Waals surface area contributed by atoms with Crippen LogP contribution in [-0.2, 0) is 0 Å². The standard InChI is InChI=1S/C6H8N3.Sn.H/c1-9(2)6-5-7-3-4-8-6;;/h4-5H,1-2H3;;. The quantitative estimate of drug-likeness (QED) is 0.595. The van der Waals surface area contributed by atoms with Gasteiger partial charge in [-0.25, -0.2) is 0 Å². The van der Waals surface area contributed by atoms with E-state index < -0.39 is 0 Å². The molecule has 3 nitrogen and oxygen atoms in total. The predicted molar refractivity (Wildman–Crippen MR) is 43.1 cm³/mol. The van der Waals surface area contributed by atoms with Crippen molar-refractivity contribution in [3.63, 3.8) is 0 Å². The van der Waals surface area contributed by atoms with E-state index in [1.54, 1.807) is 6.20 Å². The summed E-state index contributed by atoms with van der Waals surface area (Å²) in [7, 11) is 3.91. The maximum atomic E-state index is 4.17. The summed E-state index contributed by atoms with van der Waals surface area (Å²) in [6.45, 7) is 0. The molecule has 1 aromatic rings. The molecule has 0 bridgehead atoms. The molecule has 1 heterocycles. The molecule has 0 aliphatic carbocycles. The zero-order valence-corrected chi connectivity index (χ0v) is 9.37. The van der Waals surface area contributed by atoms with Crippen LogP contribution in [0.4, 0.5) is 5.82 Å². The molecule has 0 aliphatic heterocycles. The van der Waals surface area contributed by atoms with Crippen molar-refractivity contribution < 1.29 is 0 Å². The van der Waals surface area contributed by atoms with Crippen LogP contribution in [0, 0.1) is 0 Å². The van der Waals surface area contributed by atoms with Gasteiger partial charge in [-0.05, 0) is 0 Å². The number of nitrogens with zero attached hydrogens (tertiary/aromatic N) is 3. The first-order valence-electron chi connectivity index (χ1n) is 2.95. The Kier molecular flexibility index (Phi) is 2.48. The summed E-state index contributed by atoms with van der Waals surface area (Å²) in [6.07, 6.45) is 3.61.